The molecule has 9 nitrogen and oxygen atoms in total. The zero-order valence-corrected chi connectivity index (χ0v) is 18.4. The molecular formula is C21H20ClFN4O5. The summed E-state index contributed by atoms with van der Waals surface area (Å²) >= 11 is 6.08. The number of hydrogen-bond acceptors (Lipinski definition) is 7. The maximum absolute atomic E-state index is 16.6. The lowest BCUT2D eigenvalue weighted by Crippen LogP contribution is -2.51. The SMILES string of the molecule is CC(=O)OC1(C)[C@@H](c2cccc(C(=O)O)c2C)OC(n2cnc3c(Cl)ncnc32)[C@]1(C)F. The number of esters is 1. The van der Waals surface area contributed by atoms with Crippen LogP contribution in [-0.4, -0.2) is 47.8 Å². The molecule has 1 aromatic carbocycles. The summed E-state index contributed by atoms with van der Waals surface area (Å²) < 4.78 is 29.6. The molecule has 0 aliphatic carbocycles. The largest absolute Gasteiger partial charge is 0.478 e. The summed E-state index contributed by atoms with van der Waals surface area (Å²) in [6.45, 7) is 5.45. The second-order valence-electron chi connectivity index (χ2n) is 7.96. The number of carbonyl (C=O) groups is 2. The number of aromatic carboxylic acids is 1. The number of rotatable bonds is 4. The van der Waals surface area contributed by atoms with Crippen LogP contribution >= 0.6 is 11.6 Å². The molecule has 0 bridgehead atoms. The van der Waals surface area contributed by atoms with Gasteiger partial charge in [-0.2, -0.15) is 0 Å². The number of ether oxygens (including phenoxy) is 2. The van der Waals surface area contributed by atoms with E-state index in [1.807, 2.05) is 0 Å². The van der Waals surface area contributed by atoms with Crippen molar-refractivity contribution in [1.82, 2.24) is 19.5 Å². The lowest BCUT2D eigenvalue weighted by molar-refractivity contribution is -0.174. The van der Waals surface area contributed by atoms with Gasteiger partial charge >= 0.3 is 11.9 Å². The smallest absolute Gasteiger partial charge is 0.335 e. The van der Waals surface area contributed by atoms with E-state index in [2.05, 4.69) is 15.0 Å². The molecule has 2 unspecified atom stereocenters. The van der Waals surface area contributed by atoms with E-state index in [9.17, 15) is 14.7 Å². The molecule has 1 aliphatic heterocycles. The van der Waals surface area contributed by atoms with Gasteiger partial charge in [0, 0.05) is 6.92 Å². The number of fused-ring (bicyclic) bond motifs is 1. The summed E-state index contributed by atoms with van der Waals surface area (Å²) in [5.41, 5.74) is -2.79. The molecule has 3 aromatic rings. The molecule has 4 atom stereocenters. The van der Waals surface area contributed by atoms with Gasteiger partial charge in [-0.05, 0) is 38.0 Å². The van der Waals surface area contributed by atoms with Crippen molar-refractivity contribution < 1.29 is 28.6 Å². The van der Waals surface area contributed by atoms with E-state index in [1.165, 1.54) is 50.1 Å². The predicted octanol–water partition coefficient (Wildman–Crippen LogP) is 3.81. The third kappa shape index (κ3) is 3.13. The van der Waals surface area contributed by atoms with Crippen LogP contribution in [0.1, 0.15) is 54.6 Å². The standard InChI is InChI=1S/C21H20ClFN4O5/c1-10-12(6-5-7-13(10)18(29)30)15-21(4,32-11(2)28)20(3,23)19(31-15)27-9-26-14-16(22)24-8-25-17(14)27/h5-9,15,19H,1-4H3,(H,29,30)/t15-,19?,20+,21?/m1/s1. The highest BCUT2D eigenvalue weighted by molar-refractivity contribution is 6.33. The van der Waals surface area contributed by atoms with Crippen LogP contribution in [0.2, 0.25) is 5.15 Å². The van der Waals surface area contributed by atoms with Crippen LogP contribution in [-0.2, 0) is 14.3 Å². The van der Waals surface area contributed by atoms with Gasteiger partial charge in [-0.3, -0.25) is 9.36 Å². The van der Waals surface area contributed by atoms with Crippen LogP contribution < -0.4 is 0 Å². The number of nitrogens with zero attached hydrogens (tertiary/aromatic N) is 4. The van der Waals surface area contributed by atoms with Crippen LogP contribution in [0.25, 0.3) is 11.2 Å². The number of aromatic nitrogens is 4. The Balaban J connectivity index is 1.91. The minimum atomic E-state index is -2.28. The maximum Gasteiger partial charge on any atom is 0.335 e. The molecule has 4 rings (SSSR count). The fourth-order valence-electron chi connectivity index (χ4n) is 4.20. The van der Waals surface area contributed by atoms with E-state index < -0.39 is 35.5 Å². The number of carboxylic acids is 1. The van der Waals surface area contributed by atoms with Crippen molar-refractivity contribution in [1.29, 1.82) is 0 Å². The molecule has 0 radical (unpaired) electrons. The zero-order chi connectivity index (χ0) is 23.4. The molecule has 1 fully saturated rings. The highest BCUT2D eigenvalue weighted by Gasteiger charge is 2.67. The molecule has 0 amide bonds. The van der Waals surface area contributed by atoms with Crippen LogP contribution in [0.4, 0.5) is 4.39 Å². The molecule has 32 heavy (non-hydrogen) atoms. The fourth-order valence-corrected chi connectivity index (χ4v) is 4.38. The molecule has 11 heteroatoms. The van der Waals surface area contributed by atoms with E-state index >= 15 is 4.39 Å². The van der Waals surface area contributed by atoms with Crippen molar-refractivity contribution in [2.24, 2.45) is 0 Å². The molecule has 2 aromatic heterocycles. The average Bonchev–Trinajstić information content (AvgIpc) is 3.20. The summed E-state index contributed by atoms with van der Waals surface area (Å²) in [6, 6.07) is 4.59. The van der Waals surface area contributed by atoms with Gasteiger partial charge < -0.3 is 14.6 Å². The first kappa shape index (κ1) is 22.1. The number of carbonyl (C=O) groups excluding carboxylic acids is 1. The Morgan fingerprint density at radius 2 is 2.00 bits per heavy atom. The Morgan fingerprint density at radius 1 is 1.28 bits per heavy atom. The minimum Gasteiger partial charge on any atom is -0.478 e. The first-order valence-electron chi connectivity index (χ1n) is 9.68. The average molecular weight is 463 g/mol. The van der Waals surface area contributed by atoms with Crippen molar-refractivity contribution in [2.75, 3.05) is 0 Å². The quantitative estimate of drug-likeness (QED) is 0.459. The van der Waals surface area contributed by atoms with Crippen molar-refractivity contribution in [3.8, 4) is 0 Å². The van der Waals surface area contributed by atoms with E-state index in [4.69, 9.17) is 21.1 Å². The zero-order valence-electron chi connectivity index (χ0n) is 17.7. The Hall–Kier alpha value is -3.11. The van der Waals surface area contributed by atoms with Crippen molar-refractivity contribution in [2.45, 2.75) is 51.3 Å². The number of benzene rings is 1. The second-order valence-corrected chi connectivity index (χ2v) is 8.32. The van der Waals surface area contributed by atoms with E-state index in [-0.39, 0.29) is 21.9 Å². The van der Waals surface area contributed by atoms with Crippen molar-refractivity contribution in [3.63, 3.8) is 0 Å². The third-order valence-corrected chi connectivity index (χ3v) is 6.29. The molecule has 168 valence electrons. The molecule has 1 N–H and O–H groups in total. The molecular weight excluding hydrogens is 443 g/mol. The minimum absolute atomic E-state index is 0.0351. The first-order chi connectivity index (χ1) is 15.0. The summed E-state index contributed by atoms with van der Waals surface area (Å²) in [5, 5.41) is 9.61. The monoisotopic (exact) mass is 462 g/mol. The Bertz CT molecular complexity index is 1250. The molecule has 1 aliphatic rings. The number of imidazole rings is 1. The topological polar surface area (TPSA) is 116 Å². The van der Waals surface area contributed by atoms with Crippen molar-refractivity contribution in [3.05, 3.63) is 52.7 Å². The Morgan fingerprint density at radius 3 is 2.66 bits per heavy atom. The Labute approximate surface area is 187 Å². The first-order valence-corrected chi connectivity index (χ1v) is 10.1. The van der Waals surface area contributed by atoms with Gasteiger partial charge in [0.15, 0.2) is 28.3 Å². The van der Waals surface area contributed by atoms with Gasteiger partial charge in [0.2, 0.25) is 0 Å². The van der Waals surface area contributed by atoms with Gasteiger partial charge in [-0.1, -0.05) is 23.7 Å². The van der Waals surface area contributed by atoms with Crippen LogP contribution in [0.15, 0.2) is 30.9 Å². The normalized spacial score (nSPS) is 27.6. The summed E-state index contributed by atoms with van der Waals surface area (Å²) in [5.74, 6) is -1.85. The lowest BCUT2D eigenvalue weighted by Gasteiger charge is -2.37. The molecule has 3 heterocycles. The van der Waals surface area contributed by atoms with Gasteiger partial charge in [0.05, 0.1) is 11.9 Å². The number of carboxylic acid groups (broad SMARTS) is 1. The van der Waals surface area contributed by atoms with Gasteiger partial charge in [0.1, 0.15) is 17.9 Å². The van der Waals surface area contributed by atoms with E-state index in [0.717, 1.165) is 0 Å². The highest BCUT2D eigenvalue weighted by Crippen LogP contribution is 2.57. The summed E-state index contributed by atoms with van der Waals surface area (Å²) in [6.07, 6.45) is 0.0997. The van der Waals surface area contributed by atoms with Crippen LogP contribution in [0.3, 0.4) is 0 Å². The van der Waals surface area contributed by atoms with Crippen LogP contribution in [0.5, 0.6) is 0 Å². The summed E-state index contributed by atoms with van der Waals surface area (Å²) in [4.78, 5) is 35.8. The molecule has 0 saturated carbocycles. The lowest BCUT2D eigenvalue weighted by atomic mass is 9.80. The number of halogens is 2. The number of alkyl halides is 1. The summed E-state index contributed by atoms with van der Waals surface area (Å²) in [7, 11) is 0. The van der Waals surface area contributed by atoms with E-state index in [1.54, 1.807) is 13.0 Å². The van der Waals surface area contributed by atoms with Gasteiger partial charge in [-0.25, -0.2) is 24.1 Å². The van der Waals surface area contributed by atoms with Crippen molar-refractivity contribution >= 4 is 34.7 Å². The Kier molecular flexibility index (Phi) is 5.17. The van der Waals surface area contributed by atoms with E-state index in [0.29, 0.717) is 11.1 Å². The predicted molar refractivity (Wildman–Crippen MR) is 111 cm³/mol. The number of hydrogen-bond donors (Lipinski definition) is 1. The molecule has 1 saturated heterocycles. The fraction of sp³-hybridized carbons (Fsp3) is 0.381. The van der Waals surface area contributed by atoms with Gasteiger partial charge in [0.25, 0.3) is 0 Å². The highest BCUT2D eigenvalue weighted by atomic mass is 35.5. The third-order valence-electron chi connectivity index (χ3n) is 6.01. The van der Waals surface area contributed by atoms with Crippen LogP contribution in [0, 0.1) is 6.92 Å². The van der Waals surface area contributed by atoms with Gasteiger partial charge in [-0.15, -0.1) is 0 Å². The maximum atomic E-state index is 16.6. The second kappa shape index (κ2) is 7.49. The molecule has 0 spiro atoms.